The molecule has 146 valence electrons. The molecule has 2 aromatic rings. The zero-order chi connectivity index (χ0) is 19.7. The van der Waals surface area contributed by atoms with Gasteiger partial charge in [-0.2, -0.15) is 13.2 Å². The molecule has 1 aromatic carbocycles. The van der Waals surface area contributed by atoms with Gasteiger partial charge in [0, 0.05) is 25.3 Å². The van der Waals surface area contributed by atoms with Crippen molar-refractivity contribution < 1.29 is 26.0 Å². The molecule has 0 aliphatic carbocycles. The van der Waals surface area contributed by atoms with Crippen molar-refractivity contribution in [1.82, 2.24) is 4.98 Å². The van der Waals surface area contributed by atoms with E-state index >= 15 is 0 Å². The van der Waals surface area contributed by atoms with Gasteiger partial charge in [-0.3, -0.25) is 0 Å². The van der Waals surface area contributed by atoms with Crippen molar-refractivity contribution in [2.45, 2.75) is 29.3 Å². The van der Waals surface area contributed by atoms with Gasteiger partial charge in [-0.1, -0.05) is 6.07 Å². The fraction of sp³-hybridized carbons (Fsp3) is 0.353. The Bertz CT molecular complexity index is 896. The molecule has 10 heteroatoms. The minimum atomic E-state index is -5.66. The predicted molar refractivity (Wildman–Crippen MR) is 92.7 cm³/mol. The first-order chi connectivity index (χ1) is 12.7. The van der Waals surface area contributed by atoms with Gasteiger partial charge in [0.1, 0.15) is 16.5 Å². The average Bonchev–Trinajstić information content (AvgIpc) is 2.63. The Morgan fingerprint density at radius 1 is 1.11 bits per heavy atom. The molecule has 27 heavy (non-hydrogen) atoms. The van der Waals surface area contributed by atoms with Gasteiger partial charge in [0.2, 0.25) is 0 Å². The number of piperidine rings is 1. The third-order valence-electron chi connectivity index (χ3n) is 4.37. The third-order valence-corrected chi connectivity index (χ3v) is 5.89. The molecule has 2 heterocycles. The van der Waals surface area contributed by atoms with Crippen molar-refractivity contribution in [3.05, 3.63) is 48.4 Å². The van der Waals surface area contributed by atoms with Crippen LogP contribution in [0.25, 0.3) is 0 Å². The van der Waals surface area contributed by atoms with Crippen molar-refractivity contribution in [2.75, 3.05) is 23.3 Å². The number of hydrogen-bond donors (Lipinski definition) is 1. The first-order valence-electron chi connectivity index (χ1n) is 8.22. The Labute approximate surface area is 153 Å². The lowest BCUT2D eigenvalue weighted by Crippen LogP contribution is -2.39. The van der Waals surface area contributed by atoms with Crippen LogP contribution in [-0.4, -0.2) is 38.0 Å². The molecule has 1 aliphatic rings. The summed E-state index contributed by atoms with van der Waals surface area (Å²) in [6, 6.07) is 7.64. The lowest BCUT2D eigenvalue weighted by atomic mass is 10.0. The van der Waals surface area contributed by atoms with Crippen LogP contribution in [0, 0.1) is 5.82 Å². The van der Waals surface area contributed by atoms with E-state index in [1.54, 1.807) is 12.3 Å². The van der Waals surface area contributed by atoms with Crippen molar-refractivity contribution in [3.8, 4) is 0 Å². The van der Waals surface area contributed by atoms with E-state index in [0.29, 0.717) is 32.0 Å². The number of anilines is 2. The highest BCUT2D eigenvalue weighted by Crippen LogP contribution is 2.35. The van der Waals surface area contributed by atoms with Gasteiger partial charge in [-0.05, 0) is 43.2 Å². The van der Waals surface area contributed by atoms with Crippen molar-refractivity contribution in [3.63, 3.8) is 0 Å². The molecule has 1 fully saturated rings. The predicted octanol–water partition coefficient (Wildman–Crippen LogP) is 3.60. The highest BCUT2D eigenvalue weighted by Gasteiger charge is 2.48. The van der Waals surface area contributed by atoms with Crippen LogP contribution in [0.15, 0.2) is 47.5 Å². The van der Waals surface area contributed by atoms with Gasteiger partial charge in [-0.25, -0.2) is 17.8 Å². The molecule has 0 radical (unpaired) electrons. The Morgan fingerprint density at radius 2 is 1.81 bits per heavy atom. The van der Waals surface area contributed by atoms with Crippen LogP contribution in [0.1, 0.15) is 12.8 Å². The molecule has 0 atom stereocenters. The molecule has 1 aliphatic heterocycles. The number of sulfone groups is 1. The van der Waals surface area contributed by atoms with Gasteiger partial charge in [0.05, 0.1) is 5.69 Å². The third kappa shape index (κ3) is 4.15. The van der Waals surface area contributed by atoms with Crippen LogP contribution >= 0.6 is 0 Å². The second kappa shape index (κ2) is 7.34. The lowest BCUT2D eigenvalue weighted by Gasteiger charge is -2.34. The highest BCUT2D eigenvalue weighted by molar-refractivity contribution is 7.92. The number of nitrogens with one attached hydrogen (secondary N) is 1. The molecule has 1 saturated heterocycles. The molecular formula is C17H17F4N3O2S. The van der Waals surface area contributed by atoms with Crippen LogP contribution in [0.3, 0.4) is 0 Å². The number of pyridine rings is 1. The van der Waals surface area contributed by atoms with E-state index in [2.05, 4.69) is 10.3 Å². The van der Waals surface area contributed by atoms with Crippen molar-refractivity contribution in [2.24, 2.45) is 0 Å². The molecule has 0 bridgehead atoms. The number of hydrogen-bond acceptors (Lipinski definition) is 5. The monoisotopic (exact) mass is 403 g/mol. The number of rotatable bonds is 4. The Hall–Kier alpha value is -2.36. The van der Waals surface area contributed by atoms with Crippen LogP contribution < -0.4 is 10.2 Å². The molecule has 1 N–H and O–H groups in total. The van der Waals surface area contributed by atoms with Crippen LogP contribution in [0.4, 0.5) is 29.1 Å². The van der Waals surface area contributed by atoms with Gasteiger partial charge in [0.15, 0.2) is 0 Å². The standard InChI is InChI=1S/C17H17F4N3O2S/c18-12-4-5-14(15(11-12)27(25,26)17(19,20)21)23-13-6-9-24(10-7-13)16-3-1-2-8-22-16/h1-5,8,11,13,23H,6-7,9-10H2. The second-order valence-electron chi connectivity index (χ2n) is 6.18. The molecule has 0 unspecified atom stereocenters. The summed E-state index contributed by atoms with van der Waals surface area (Å²) in [7, 11) is -5.66. The summed E-state index contributed by atoms with van der Waals surface area (Å²) >= 11 is 0. The average molecular weight is 403 g/mol. The van der Waals surface area contributed by atoms with E-state index in [4.69, 9.17) is 0 Å². The van der Waals surface area contributed by atoms with Crippen LogP contribution in [0.2, 0.25) is 0 Å². The van der Waals surface area contributed by atoms with Gasteiger partial charge < -0.3 is 10.2 Å². The number of aromatic nitrogens is 1. The fourth-order valence-electron chi connectivity index (χ4n) is 2.98. The summed E-state index contributed by atoms with van der Waals surface area (Å²) in [6.45, 7) is 1.22. The van der Waals surface area contributed by atoms with Crippen molar-refractivity contribution >= 4 is 21.3 Å². The fourth-order valence-corrected chi connectivity index (χ4v) is 3.91. The minimum Gasteiger partial charge on any atom is -0.381 e. The van der Waals surface area contributed by atoms with E-state index in [0.717, 1.165) is 18.0 Å². The topological polar surface area (TPSA) is 62.3 Å². The van der Waals surface area contributed by atoms with Gasteiger partial charge in [-0.15, -0.1) is 0 Å². The molecule has 0 amide bonds. The first kappa shape index (κ1) is 19.4. The Kier molecular flexibility index (Phi) is 5.27. The molecule has 3 rings (SSSR count). The van der Waals surface area contributed by atoms with E-state index in [1.807, 2.05) is 17.0 Å². The zero-order valence-electron chi connectivity index (χ0n) is 14.1. The molecule has 5 nitrogen and oxygen atoms in total. The maximum atomic E-state index is 13.4. The summed E-state index contributed by atoms with van der Waals surface area (Å²) in [6.07, 6.45) is 2.81. The largest absolute Gasteiger partial charge is 0.501 e. The van der Waals surface area contributed by atoms with E-state index in [1.165, 1.54) is 0 Å². The second-order valence-corrected chi connectivity index (χ2v) is 8.09. The first-order valence-corrected chi connectivity index (χ1v) is 9.70. The molecule has 0 saturated carbocycles. The summed E-state index contributed by atoms with van der Waals surface area (Å²) in [5, 5.41) is 2.83. The summed E-state index contributed by atoms with van der Waals surface area (Å²) in [4.78, 5) is 5.20. The van der Waals surface area contributed by atoms with E-state index in [9.17, 15) is 26.0 Å². The molecular weight excluding hydrogens is 386 g/mol. The molecule has 1 aromatic heterocycles. The maximum absolute atomic E-state index is 13.4. The molecule has 0 spiro atoms. The van der Waals surface area contributed by atoms with Gasteiger partial charge >= 0.3 is 5.51 Å². The number of halogens is 4. The SMILES string of the molecule is O=S(=O)(c1cc(F)ccc1NC1CCN(c2ccccn2)CC1)C(F)(F)F. The number of nitrogens with zero attached hydrogens (tertiary/aromatic N) is 2. The summed E-state index contributed by atoms with van der Waals surface area (Å²) < 4.78 is 75.6. The van der Waals surface area contributed by atoms with Crippen LogP contribution in [-0.2, 0) is 9.84 Å². The van der Waals surface area contributed by atoms with E-state index in [-0.39, 0.29) is 11.7 Å². The van der Waals surface area contributed by atoms with Crippen LogP contribution in [0.5, 0.6) is 0 Å². The zero-order valence-corrected chi connectivity index (χ0v) is 14.9. The Balaban J connectivity index is 1.76. The smallest absolute Gasteiger partial charge is 0.381 e. The maximum Gasteiger partial charge on any atom is 0.501 e. The summed E-state index contributed by atoms with van der Waals surface area (Å²) in [5.41, 5.74) is -5.75. The number of benzene rings is 1. The van der Waals surface area contributed by atoms with Crippen molar-refractivity contribution in [1.29, 1.82) is 0 Å². The quantitative estimate of drug-likeness (QED) is 0.791. The summed E-state index contributed by atoms with van der Waals surface area (Å²) in [5.74, 6) is -0.244. The van der Waals surface area contributed by atoms with Gasteiger partial charge in [0.25, 0.3) is 9.84 Å². The highest BCUT2D eigenvalue weighted by atomic mass is 32.2. The normalized spacial score (nSPS) is 16.4. The minimum absolute atomic E-state index is 0.238. The van der Waals surface area contributed by atoms with E-state index < -0.39 is 26.1 Å². The number of alkyl halides is 3. The lowest BCUT2D eigenvalue weighted by molar-refractivity contribution is -0.0435. The Morgan fingerprint density at radius 3 is 2.41 bits per heavy atom.